The molecule has 0 aromatic heterocycles. The first-order chi connectivity index (χ1) is 14.7. The van der Waals surface area contributed by atoms with Crippen LogP contribution in [-0.2, 0) is 43.4 Å². The summed E-state index contributed by atoms with van der Waals surface area (Å²) in [4.78, 5) is 8.45. The molecule has 0 aliphatic heterocycles. The van der Waals surface area contributed by atoms with Gasteiger partial charge in [-0.2, -0.15) is 0 Å². The van der Waals surface area contributed by atoms with E-state index in [1.165, 1.54) is 25.7 Å². The normalized spacial score (nSPS) is 25.6. The van der Waals surface area contributed by atoms with E-state index in [0.29, 0.717) is 23.9 Å². The number of rotatable bonds is 6. The second-order valence-corrected chi connectivity index (χ2v) is 20.4. The molecule has 1 saturated carbocycles. The summed E-state index contributed by atoms with van der Waals surface area (Å²) in [6.07, 6.45) is 5.26. The second kappa shape index (κ2) is 17.9. The Labute approximate surface area is 291 Å². The minimum atomic E-state index is -1.63. The van der Waals surface area contributed by atoms with Crippen LogP contribution in [0.15, 0.2) is 43.8 Å². The Morgan fingerprint density at radius 2 is 0.737 bits per heavy atom. The van der Waals surface area contributed by atoms with Crippen LogP contribution >= 0.6 is 0 Å². The van der Waals surface area contributed by atoms with Crippen molar-refractivity contribution in [2.24, 2.45) is 11.8 Å². The van der Waals surface area contributed by atoms with E-state index in [1.54, 1.807) is 43.8 Å². The van der Waals surface area contributed by atoms with Crippen molar-refractivity contribution in [2.45, 2.75) is 119 Å². The Hall–Kier alpha value is 1.90. The molecule has 3 aliphatic carbocycles. The largest absolute Gasteiger partial charge is 2.00 e. The molecule has 0 aromatic rings. The van der Waals surface area contributed by atoms with Crippen LogP contribution in [0.25, 0.3) is 0 Å². The predicted octanol–water partition coefficient (Wildman–Crippen LogP) is -4.42. The first-order valence-electron chi connectivity index (χ1n) is 13.0. The number of nitrogens with one attached hydrogen (secondary N) is 2. The van der Waals surface area contributed by atoms with E-state index < -0.39 is 16.5 Å². The van der Waals surface area contributed by atoms with Crippen LogP contribution in [0.2, 0.25) is 26.2 Å². The molecule has 3 rings (SSSR count). The van der Waals surface area contributed by atoms with Gasteiger partial charge in [-0.25, -0.2) is 0 Å². The fourth-order valence-corrected chi connectivity index (χ4v) is 15.1. The van der Waals surface area contributed by atoms with E-state index in [1.807, 2.05) is 0 Å². The summed E-state index contributed by atoms with van der Waals surface area (Å²) in [6, 6.07) is 1.37. The average Bonchev–Trinajstić information content (AvgIpc) is 3.02. The van der Waals surface area contributed by atoms with Crippen LogP contribution in [0.1, 0.15) is 81.1 Å². The number of halogens is 4. The van der Waals surface area contributed by atoms with Crippen molar-refractivity contribution in [1.29, 1.82) is 0 Å². The van der Waals surface area contributed by atoms with Gasteiger partial charge >= 0.3 is 43.4 Å². The molecule has 0 saturated heterocycles. The van der Waals surface area contributed by atoms with Gasteiger partial charge in [0.05, 0.1) is 0 Å². The zero-order valence-corrected chi connectivity index (χ0v) is 33.8. The third kappa shape index (κ3) is 9.45. The van der Waals surface area contributed by atoms with Gasteiger partial charge in [-0.1, -0.05) is 72.7 Å². The molecule has 0 spiro atoms. The van der Waals surface area contributed by atoms with Gasteiger partial charge in [-0.05, 0) is 90.2 Å². The Morgan fingerprint density at radius 1 is 0.500 bits per heavy atom. The maximum atomic E-state index is 4.23. The summed E-state index contributed by atoms with van der Waals surface area (Å²) < 4.78 is 0. The van der Waals surface area contributed by atoms with E-state index in [-0.39, 0.29) is 93.1 Å². The first kappa shape index (κ1) is 46.8. The van der Waals surface area contributed by atoms with E-state index in [4.69, 9.17) is 0 Å². The van der Waals surface area contributed by atoms with Crippen molar-refractivity contribution in [1.82, 2.24) is 9.96 Å². The van der Waals surface area contributed by atoms with Gasteiger partial charge in [0.2, 0.25) is 0 Å². The van der Waals surface area contributed by atoms with Crippen molar-refractivity contribution in [3.05, 3.63) is 43.8 Å². The maximum Gasteiger partial charge on any atom is 2.00 e. The van der Waals surface area contributed by atoms with Crippen molar-refractivity contribution in [3.8, 4) is 0 Å². The van der Waals surface area contributed by atoms with Crippen LogP contribution < -0.4 is 59.6 Å². The Kier molecular flexibility index (Phi) is 22.0. The third-order valence-corrected chi connectivity index (χ3v) is 16.1. The fraction of sp³-hybridized carbons (Fsp3) is 0.714. The van der Waals surface area contributed by atoms with Gasteiger partial charge in [-0.3, -0.25) is 0 Å². The summed E-state index contributed by atoms with van der Waals surface area (Å²) in [6.45, 7) is 29.1. The SMILES string of the molecule is CC1=C(C)C(C)C([Si](C)(C)NC2CCC(N[Si](C)(C)C3=C(C)C(C)=C(C)C3C)CC2)=C1C.[Cl-].[Cl-].[Cl-].[Cl-].[Ti+2].[Ti+2]. The van der Waals surface area contributed by atoms with Crippen LogP contribution in [0.4, 0.5) is 0 Å². The second-order valence-electron chi connectivity index (χ2n) is 12.2. The zero-order valence-electron chi connectivity index (χ0n) is 25.6. The molecule has 0 aromatic carbocycles. The summed E-state index contributed by atoms with van der Waals surface area (Å²) in [5.74, 6) is 1.25. The van der Waals surface area contributed by atoms with Gasteiger partial charge < -0.3 is 59.6 Å². The van der Waals surface area contributed by atoms with Crippen LogP contribution in [0.3, 0.4) is 0 Å². The van der Waals surface area contributed by atoms with Crippen LogP contribution in [0, 0.1) is 11.8 Å². The molecule has 2 nitrogen and oxygen atoms in total. The zero-order chi connectivity index (χ0) is 24.2. The summed E-state index contributed by atoms with van der Waals surface area (Å²) >= 11 is 0. The summed E-state index contributed by atoms with van der Waals surface area (Å²) in [7, 11) is -3.26. The molecule has 216 valence electrons. The molecule has 0 heterocycles. The fourth-order valence-electron chi connectivity index (χ4n) is 7.31. The van der Waals surface area contributed by atoms with Crippen molar-refractivity contribution >= 4 is 16.5 Å². The topological polar surface area (TPSA) is 24.1 Å². The van der Waals surface area contributed by atoms with E-state index in [0.717, 1.165) is 0 Å². The standard InChI is InChI=1S/C28H50N2Si2.4ClH.2Ti/c1-17-18(2)22(6)27(21(17)5)31(9,10)29-25-13-15-26(16-14-25)30-32(11,12)28-23(7)19(3)20(4)24(28)8;;;;;;/h21,23,25-26,29-30H,13-16H2,1-12H3;4*1H;;/q;;;;;2*+2/p-4. The minimum absolute atomic E-state index is 0. The molecule has 0 amide bonds. The molecule has 1 fully saturated rings. The van der Waals surface area contributed by atoms with Crippen LogP contribution in [0.5, 0.6) is 0 Å². The number of allylic oxidation sites excluding steroid dienone is 8. The molecule has 3 aliphatic rings. The molecular weight excluding hydrogens is 658 g/mol. The van der Waals surface area contributed by atoms with Gasteiger partial charge in [-0.15, -0.1) is 0 Å². The summed E-state index contributed by atoms with van der Waals surface area (Å²) in [5, 5.41) is 3.49. The average molecular weight is 708 g/mol. The Morgan fingerprint density at radius 3 is 0.921 bits per heavy atom. The van der Waals surface area contributed by atoms with Gasteiger partial charge in [0.1, 0.15) is 16.5 Å². The molecule has 10 heteroatoms. The minimum Gasteiger partial charge on any atom is -1.00 e. The molecule has 0 radical (unpaired) electrons. The first-order valence-corrected chi connectivity index (χ1v) is 19.0. The van der Waals surface area contributed by atoms with Gasteiger partial charge in [0.15, 0.2) is 0 Å². The molecule has 2 N–H and O–H groups in total. The van der Waals surface area contributed by atoms with Crippen molar-refractivity contribution in [3.63, 3.8) is 0 Å². The predicted molar refractivity (Wildman–Crippen MR) is 148 cm³/mol. The maximum absolute atomic E-state index is 4.23. The number of hydrogen-bond acceptors (Lipinski definition) is 2. The monoisotopic (exact) mass is 706 g/mol. The molecular formula is C28H50Cl4N2Si2Ti2. The van der Waals surface area contributed by atoms with E-state index in [2.05, 4.69) is 91.5 Å². The molecule has 2 unspecified atom stereocenters. The van der Waals surface area contributed by atoms with Gasteiger partial charge in [0, 0.05) is 12.1 Å². The van der Waals surface area contributed by atoms with E-state index in [9.17, 15) is 0 Å². The third-order valence-electron chi connectivity index (χ3n) is 9.48. The number of hydrogen-bond donors (Lipinski definition) is 2. The Balaban J connectivity index is -0.000000963. The Bertz CT molecular complexity index is 848. The van der Waals surface area contributed by atoms with E-state index >= 15 is 0 Å². The van der Waals surface area contributed by atoms with Gasteiger partial charge in [0.25, 0.3) is 0 Å². The smallest absolute Gasteiger partial charge is 1.00 e. The van der Waals surface area contributed by atoms with Crippen LogP contribution in [-0.4, -0.2) is 28.6 Å². The molecule has 38 heavy (non-hydrogen) atoms. The van der Waals surface area contributed by atoms with Crippen molar-refractivity contribution in [2.75, 3.05) is 0 Å². The van der Waals surface area contributed by atoms with Crippen molar-refractivity contribution < 1.29 is 93.1 Å². The molecule has 0 bridgehead atoms. The molecule has 2 atom stereocenters. The summed E-state index contributed by atoms with van der Waals surface area (Å²) in [5.41, 5.74) is 9.42. The quantitative estimate of drug-likeness (QED) is 0.273.